The third-order valence-corrected chi connectivity index (χ3v) is 2.12. The highest BCUT2D eigenvalue weighted by Crippen LogP contribution is 2.27. The summed E-state index contributed by atoms with van der Waals surface area (Å²) >= 11 is 3.24. The largest absolute Gasteiger partial charge is 0.460 e. The second-order valence-corrected chi connectivity index (χ2v) is 3.05. The molecule has 0 saturated heterocycles. The van der Waals surface area contributed by atoms with Crippen molar-refractivity contribution >= 4 is 26.9 Å². The third-order valence-electron chi connectivity index (χ3n) is 1.50. The SMILES string of the molecule is Fc1cccc2c(Br)coc12. The summed E-state index contributed by atoms with van der Waals surface area (Å²) in [5.74, 6) is -0.326. The molecule has 56 valence electrons. The predicted molar refractivity (Wildman–Crippen MR) is 43.9 cm³/mol. The Labute approximate surface area is 70.9 Å². The van der Waals surface area contributed by atoms with E-state index in [0.29, 0.717) is 5.58 Å². The first kappa shape index (κ1) is 6.85. The molecule has 0 aliphatic carbocycles. The van der Waals surface area contributed by atoms with Crippen LogP contribution in [0.2, 0.25) is 0 Å². The maximum Gasteiger partial charge on any atom is 0.170 e. The Morgan fingerprint density at radius 3 is 2.91 bits per heavy atom. The number of halogens is 2. The van der Waals surface area contributed by atoms with Gasteiger partial charge in [-0.15, -0.1) is 0 Å². The van der Waals surface area contributed by atoms with Gasteiger partial charge in [0, 0.05) is 5.39 Å². The van der Waals surface area contributed by atoms with Crippen LogP contribution in [0.5, 0.6) is 0 Å². The molecule has 0 unspecified atom stereocenters. The predicted octanol–water partition coefficient (Wildman–Crippen LogP) is 3.33. The van der Waals surface area contributed by atoms with E-state index in [2.05, 4.69) is 15.9 Å². The fourth-order valence-corrected chi connectivity index (χ4v) is 1.40. The maximum atomic E-state index is 12.9. The Hall–Kier alpha value is -0.830. The van der Waals surface area contributed by atoms with Gasteiger partial charge in [-0.25, -0.2) is 4.39 Å². The standard InChI is InChI=1S/C8H4BrFO/c9-6-4-11-8-5(6)2-1-3-7(8)10/h1-4H. The summed E-state index contributed by atoms with van der Waals surface area (Å²) in [5, 5.41) is 0.769. The second-order valence-electron chi connectivity index (χ2n) is 2.20. The van der Waals surface area contributed by atoms with Gasteiger partial charge in [0.15, 0.2) is 11.4 Å². The lowest BCUT2D eigenvalue weighted by molar-refractivity contribution is 0.559. The van der Waals surface area contributed by atoms with Gasteiger partial charge in [-0.05, 0) is 28.1 Å². The fraction of sp³-hybridized carbons (Fsp3) is 0. The Morgan fingerprint density at radius 1 is 1.36 bits per heavy atom. The topological polar surface area (TPSA) is 13.1 Å². The highest BCUT2D eigenvalue weighted by atomic mass is 79.9. The van der Waals surface area contributed by atoms with Gasteiger partial charge >= 0.3 is 0 Å². The highest BCUT2D eigenvalue weighted by molar-refractivity contribution is 9.10. The zero-order valence-corrected chi connectivity index (χ0v) is 7.06. The quantitative estimate of drug-likeness (QED) is 0.656. The van der Waals surface area contributed by atoms with Crippen molar-refractivity contribution in [3.63, 3.8) is 0 Å². The molecule has 0 aliphatic rings. The first-order valence-corrected chi connectivity index (χ1v) is 3.89. The van der Waals surface area contributed by atoms with Crippen molar-refractivity contribution < 1.29 is 8.81 Å². The fourth-order valence-electron chi connectivity index (χ4n) is 0.991. The van der Waals surface area contributed by atoms with Crippen LogP contribution in [0.25, 0.3) is 11.0 Å². The molecule has 11 heavy (non-hydrogen) atoms. The van der Waals surface area contributed by atoms with Gasteiger partial charge in [-0.2, -0.15) is 0 Å². The zero-order valence-electron chi connectivity index (χ0n) is 5.47. The zero-order chi connectivity index (χ0) is 7.84. The van der Waals surface area contributed by atoms with Gasteiger partial charge in [0.2, 0.25) is 0 Å². The molecule has 0 saturated carbocycles. The summed E-state index contributed by atoms with van der Waals surface area (Å²) in [7, 11) is 0. The molecule has 1 aromatic heterocycles. The van der Waals surface area contributed by atoms with Crippen LogP contribution in [0.4, 0.5) is 4.39 Å². The molecule has 0 bridgehead atoms. The Bertz CT molecular complexity index is 394. The maximum absolute atomic E-state index is 12.9. The number of furan rings is 1. The number of hydrogen-bond acceptors (Lipinski definition) is 1. The average molecular weight is 215 g/mol. The van der Waals surface area contributed by atoms with Gasteiger partial charge in [0.05, 0.1) is 4.47 Å². The summed E-state index contributed by atoms with van der Waals surface area (Å²) in [6.07, 6.45) is 1.48. The molecule has 1 heterocycles. The second kappa shape index (κ2) is 2.34. The molecule has 0 N–H and O–H groups in total. The lowest BCUT2D eigenvalue weighted by Crippen LogP contribution is -1.71. The molecular formula is C8H4BrFO. The van der Waals surface area contributed by atoms with Crippen molar-refractivity contribution in [2.45, 2.75) is 0 Å². The summed E-state index contributed by atoms with van der Waals surface area (Å²) < 4.78 is 18.6. The van der Waals surface area contributed by atoms with Gasteiger partial charge in [-0.1, -0.05) is 6.07 Å². The molecule has 2 rings (SSSR count). The van der Waals surface area contributed by atoms with Crippen LogP contribution in [0.1, 0.15) is 0 Å². The van der Waals surface area contributed by atoms with Gasteiger partial charge in [0.1, 0.15) is 6.26 Å². The van der Waals surface area contributed by atoms with E-state index in [4.69, 9.17) is 4.42 Å². The van der Waals surface area contributed by atoms with E-state index in [9.17, 15) is 4.39 Å². The van der Waals surface area contributed by atoms with Gasteiger partial charge < -0.3 is 4.42 Å². The van der Waals surface area contributed by atoms with Crippen LogP contribution < -0.4 is 0 Å². The van der Waals surface area contributed by atoms with Crippen LogP contribution in [0, 0.1) is 5.82 Å². The Morgan fingerprint density at radius 2 is 2.18 bits per heavy atom. The van der Waals surface area contributed by atoms with Crippen LogP contribution >= 0.6 is 15.9 Å². The lowest BCUT2D eigenvalue weighted by atomic mass is 10.2. The summed E-state index contributed by atoms with van der Waals surface area (Å²) in [4.78, 5) is 0. The Kier molecular flexibility index (Phi) is 1.46. The number of rotatable bonds is 0. The monoisotopic (exact) mass is 214 g/mol. The number of hydrogen-bond donors (Lipinski definition) is 0. The van der Waals surface area contributed by atoms with Gasteiger partial charge in [-0.3, -0.25) is 0 Å². The Balaban J connectivity index is 2.94. The summed E-state index contributed by atoms with van der Waals surface area (Å²) in [6, 6.07) is 4.82. The van der Waals surface area contributed by atoms with Crippen molar-refractivity contribution in [3.05, 3.63) is 34.8 Å². The highest BCUT2D eigenvalue weighted by Gasteiger charge is 2.05. The van der Waals surface area contributed by atoms with Crippen molar-refractivity contribution in [2.24, 2.45) is 0 Å². The van der Waals surface area contributed by atoms with Crippen molar-refractivity contribution in [1.82, 2.24) is 0 Å². The van der Waals surface area contributed by atoms with Crippen molar-refractivity contribution in [1.29, 1.82) is 0 Å². The first-order chi connectivity index (χ1) is 5.29. The van der Waals surface area contributed by atoms with E-state index in [0.717, 1.165) is 9.86 Å². The lowest BCUT2D eigenvalue weighted by Gasteiger charge is -1.88. The molecule has 0 atom stereocenters. The number of fused-ring (bicyclic) bond motifs is 1. The number of para-hydroxylation sites is 1. The smallest absolute Gasteiger partial charge is 0.170 e. The van der Waals surface area contributed by atoms with Crippen LogP contribution in [0.15, 0.2) is 33.4 Å². The molecule has 2 aromatic rings. The van der Waals surface area contributed by atoms with Crippen molar-refractivity contribution in [3.8, 4) is 0 Å². The van der Waals surface area contributed by atoms with E-state index in [1.54, 1.807) is 12.1 Å². The molecule has 0 aliphatic heterocycles. The van der Waals surface area contributed by atoms with Crippen molar-refractivity contribution in [2.75, 3.05) is 0 Å². The molecule has 0 radical (unpaired) electrons. The van der Waals surface area contributed by atoms with Crippen LogP contribution in [-0.4, -0.2) is 0 Å². The van der Waals surface area contributed by atoms with E-state index >= 15 is 0 Å². The van der Waals surface area contributed by atoms with E-state index in [-0.39, 0.29) is 5.82 Å². The van der Waals surface area contributed by atoms with E-state index in [1.165, 1.54) is 12.3 Å². The molecule has 1 nitrogen and oxygen atoms in total. The minimum absolute atomic E-state index is 0.305. The van der Waals surface area contributed by atoms with Gasteiger partial charge in [0.25, 0.3) is 0 Å². The minimum Gasteiger partial charge on any atom is -0.460 e. The van der Waals surface area contributed by atoms with E-state index in [1.807, 2.05) is 0 Å². The summed E-state index contributed by atoms with van der Waals surface area (Å²) in [6.45, 7) is 0. The molecule has 3 heteroatoms. The molecule has 1 aromatic carbocycles. The first-order valence-electron chi connectivity index (χ1n) is 3.10. The van der Waals surface area contributed by atoms with E-state index < -0.39 is 0 Å². The molecule has 0 fully saturated rings. The van der Waals surface area contributed by atoms with Crippen LogP contribution in [0.3, 0.4) is 0 Å². The normalized spacial score (nSPS) is 10.7. The minimum atomic E-state index is -0.326. The summed E-state index contributed by atoms with van der Waals surface area (Å²) in [5.41, 5.74) is 0.305. The number of benzene rings is 1. The molecular weight excluding hydrogens is 211 g/mol. The molecule has 0 amide bonds. The van der Waals surface area contributed by atoms with Crippen LogP contribution in [-0.2, 0) is 0 Å². The third kappa shape index (κ3) is 0.959. The average Bonchev–Trinajstić information content (AvgIpc) is 2.35. The molecule has 0 spiro atoms.